The SMILES string of the molecule is CCCC(NC(=O)[C@@H]1C[C@@H]2CCCC[C@@H]2N1C(=O)C(NC(=O)C(NC(=O)C(CCC(=O)O)NC(=O)C(CCC(=O)O)NC(C)=O)C(C)C)C1CCCCC1)C(=O)C(=O)NCC(=O)O. The summed E-state index contributed by atoms with van der Waals surface area (Å²) in [7, 11) is 0. The third-order valence-electron chi connectivity index (χ3n) is 12.0. The molecule has 21 heteroatoms. The summed E-state index contributed by atoms with van der Waals surface area (Å²) in [5.41, 5.74) is 0. The number of carboxylic acid groups (broad SMARTS) is 3. The molecule has 0 aromatic carbocycles. The predicted molar refractivity (Wildman–Crippen MR) is 222 cm³/mol. The van der Waals surface area contributed by atoms with Crippen molar-refractivity contribution in [3.05, 3.63) is 0 Å². The fraction of sp³-hybridized carbons (Fsp3) is 0.738. The lowest BCUT2D eigenvalue weighted by Gasteiger charge is -2.39. The maximum atomic E-state index is 15.1. The first-order chi connectivity index (χ1) is 29.7. The second-order valence-electron chi connectivity index (χ2n) is 17.2. The van der Waals surface area contributed by atoms with E-state index in [0.29, 0.717) is 25.7 Å². The van der Waals surface area contributed by atoms with Crippen molar-refractivity contribution in [2.24, 2.45) is 17.8 Å². The van der Waals surface area contributed by atoms with Crippen molar-refractivity contribution in [2.45, 2.75) is 173 Å². The minimum absolute atomic E-state index is 0.0598. The van der Waals surface area contributed by atoms with Crippen LogP contribution in [-0.2, 0) is 52.7 Å². The molecule has 2 saturated carbocycles. The van der Waals surface area contributed by atoms with E-state index in [4.69, 9.17) is 10.2 Å². The molecule has 2 aliphatic carbocycles. The summed E-state index contributed by atoms with van der Waals surface area (Å²) >= 11 is 0. The number of fused-ring (bicyclic) bond motifs is 1. The van der Waals surface area contributed by atoms with Crippen LogP contribution in [-0.4, -0.2) is 134 Å². The first-order valence-electron chi connectivity index (χ1n) is 22.0. The van der Waals surface area contributed by atoms with Crippen molar-refractivity contribution in [3.63, 3.8) is 0 Å². The van der Waals surface area contributed by atoms with E-state index < -0.39 is 133 Å². The lowest BCUT2D eigenvalue weighted by atomic mass is 9.82. The molecule has 0 aromatic heterocycles. The molecule has 8 atom stereocenters. The Bertz CT molecular complexity index is 1720. The van der Waals surface area contributed by atoms with Gasteiger partial charge in [0.05, 0.1) is 6.04 Å². The Kier molecular flexibility index (Phi) is 20.4. The Hall–Kier alpha value is -5.63. The van der Waals surface area contributed by atoms with Crippen molar-refractivity contribution < 1.29 is 68.1 Å². The van der Waals surface area contributed by atoms with Crippen molar-refractivity contribution in [1.82, 2.24) is 36.8 Å². The molecule has 63 heavy (non-hydrogen) atoms. The van der Waals surface area contributed by atoms with Crippen molar-refractivity contribution in [3.8, 4) is 0 Å². The number of likely N-dealkylation sites (tertiary alicyclic amines) is 1. The number of nitrogens with one attached hydrogen (secondary N) is 6. The van der Waals surface area contributed by atoms with E-state index in [1.54, 1.807) is 20.8 Å². The van der Waals surface area contributed by atoms with E-state index in [2.05, 4.69) is 26.6 Å². The number of ketones is 1. The molecule has 1 saturated heterocycles. The number of amides is 7. The number of aliphatic carboxylic acids is 3. The molecule has 0 radical (unpaired) electrons. The highest BCUT2D eigenvalue weighted by Crippen LogP contribution is 2.41. The molecule has 0 aromatic rings. The van der Waals surface area contributed by atoms with Gasteiger partial charge in [-0.05, 0) is 69.1 Å². The summed E-state index contributed by atoms with van der Waals surface area (Å²) in [4.78, 5) is 143. The molecule has 7 amide bonds. The number of carbonyl (C=O) groups is 11. The van der Waals surface area contributed by atoms with E-state index in [0.717, 1.165) is 45.4 Å². The number of carbonyl (C=O) groups excluding carboxylic acids is 8. The summed E-state index contributed by atoms with van der Waals surface area (Å²) in [6, 6.07) is -8.06. The van der Waals surface area contributed by atoms with E-state index in [1.165, 1.54) is 4.90 Å². The largest absolute Gasteiger partial charge is 0.481 e. The van der Waals surface area contributed by atoms with Crippen molar-refractivity contribution in [1.29, 1.82) is 0 Å². The minimum Gasteiger partial charge on any atom is -0.481 e. The van der Waals surface area contributed by atoms with Crippen LogP contribution in [0.2, 0.25) is 0 Å². The normalized spacial score (nSPS) is 21.0. The van der Waals surface area contributed by atoms with Gasteiger partial charge in [-0.15, -0.1) is 0 Å². The highest BCUT2D eigenvalue weighted by atomic mass is 16.4. The summed E-state index contributed by atoms with van der Waals surface area (Å²) < 4.78 is 0. The van der Waals surface area contributed by atoms with Crippen LogP contribution in [0.5, 0.6) is 0 Å². The van der Waals surface area contributed by atoms with Gasteiger partial charge in [0.15, 0.2) is 0 Å². The number of nitrogens with zero attached hydrogens (tertiary/aromatic N) is 1. The molecular formula is C42H65N7O14. The fourth-order valence-electron chi connectivity index (χ4n) is 8.87. The Morgan fingerprint density at radius 2 is 1.21 bits per heavy atom. The maximum absolute atomic E-state index is 15.1. The van der Waals surface area contributed by atoms with Crippen LogP contribution in [0.25, 0.3) is 0 Å². The van der Waals surface area contributed by atoms with Gasteiger partial charge >= 0.3 is 17.9 Å². The molecule has 3 rings (SSSR count). The smallest absolute Gasteiger partial charge is 0.322 e. The zero-order valence-electron chi connectivity index (χ0n) is 36.6. The highest BCUT2D eigenvalue weighted by Gasteiger charge is 2.51. The van der Waals surface area contributed by atoms with Crippen LogP contribution in [0.3, 0.4) is 0 Å². The third kappa shape index (κ3) is 15.6. The first-order valence-corrected chi connectivity index (χ1v) is 22.0. The standard InChI is InChI=1S/C42H65N7O14/c1-5-11-26(36(57)41(62)43-21-33(55)56)45-39(60)30-20-25-14-9-10-15-29(25)49(30)42(63)35(24-12-7-6-8-13-24)48-40(61)34(22(2)3)47-38(59)28(17-19-32(53)54)46-37(58)27(44-23(4)50)16-18-31(51)52/h22,24-30,34-35H,5-21H2,1-4H3,(H,43,62)(H,44,50)(H,45,60)(H,46,58)(H,47,59)(H,48,61)(H,51,52)(H,53,54)(H,55,56)/t25-,26?,27?,28?,29-,30-,34?,35?/m0/s1. The summed E-state index contributed by atoms with van der Waals surface area (Å²) in [6.45, 7) is 5.33. The molecule has 21 nitrogen and oxygen atoms in total. The molecule has 0 bridgehead atoms. The monoisotopic (exact) mass is 891 g/mol. The van der Waals surface area contributed by atoms with Crippen molar-refractivity contribution in [2.75, 3.05) is 6.54 Å². The average Bonchev–Trinajstić information content (AvgIpc) is 3.63. The molecule has 1 aliphatic heterocycles. The minimum atomic E-state index is -1.53. The quantitative estimate of drug-likeness (QED) is 0.0582. The molecule has 352 valence electrons. The number of rotatable bonds is 24. The van der Waals surface area contributed by atoms with Crippen molar-refractivity contribution >= 4 is 65.0 Å². The lowest BCUT2D eigenvalue weighted by molar-refractivity contribution is -0.147. The van der Waals surface area contributed by atoms with E-state index >= 15 is 4.79 Å². The second-order valence-corrected chi connectivity index (χ2v) is 17.2. The Morgan fingerprint density at radius 3 is 1.76 bits per heavy atom. The highest BCUT2D eigenvalue weighted by molar-refractivity contribution is 6.38. The van der Waals surface area contributed by atoms with Crippen LogP contribution in [0.1, 0.15) is 130 Å². The van der Waals surface area contributed by atoms with Gasteiger partial charge in [-0.2, -0.15) is 0 Å². The lowest BCUT2D eigenvalue weighted by Crippen LogP contribution is -2.62. The Balaban J connectivity index is 1.92. The molecule has 5 unspecified atom stereocenters. The Labute approximate surface area is 366 Å². The van der Waals surface area contributed by atoms with E-state index in [-0.39, 0.29) is 37.1 Å². The number of Topliss-reactive ketones (excluding diaryl/α,β-unsaturated/α-hetero) is 1. The molecule has 3 fully saturated rings. The third-order valence-corrected chi connectivity index (χ3v) is 12.0. The van der Waals surface area contributed by atoms with Gasteiger partial charge < -0.3 is 52.1 Å². The number of carboxylic acids is 3. The molecular weight excluding hydrogens is 826 g/mol. The van der Waals surface area contributed by atoms with Crippen LogP contribution in [0.15, 0.2) is 0 Å². The Morgan fingerprint density at radius 1 is 0.635 bits per heavy atom. The molecule has 9 N–H and O–H groups in total. The van der Waals surface area contributed by atoms with Gasteiger partial charge in [-0.3, -0.25) is 52.7 Å². The van der Waals surface area contributed by atoms with Gasteiger partial charge in [-0.25, -0.2) is 0 Å². The number of hydrogen-bond acceptors (Lipinski definition) is 11. The second kappa shape index (κ2) is 24.9. The van der Waals surface area contributed by atoms with Crippen LogP contribution in [0, 0.1) is 17.8 Å². The summed E-state index contributed by atoms with van der Waals surface area (Å²) in [5.74, 6) is -11.5. The van der Waals surface area contributed by atoms with Crippen LogP contribution >= 0.6 is 0 Å². The molecule has 0 spiro atoms. The number of hydrogen-bond donors (Lipinski definition) is 9. The molecule has 1 heterocycles. The van der Waals surface area contributed by atoms with Gasteiger partial charge in [0.25, 0.3) is 5.91 Å². The van der Waals surface area contributed by atoms with Gasteiger partial charge in [-0.1, -0.05) is 59.3 Å². The van der Waals surface area contributed by atoms with Crippen LogP contribution in [0.4, 0.5) is 0 Å². The summed E-state index contributed by atoms with van der Waals surface area (Å²) in [6.07, 6.45) is 5.50. The zero-order chi connectivity index (χ0) is 47.0. The van der Waals surface area contributed by atoms with Gasteiger partial charge in [0.2, 0.25) is 41.2 Å². The van der Waals surface area contributed by atoms with Gasteiger partial charge in [0.1, 0.15) is 36.8 Å². The fourth-order valence-corrected chi connectivity index (χ4v) is 8.87. The van der Waals surface area contributed by atoms with E-state index in [1.807, 2.05) is 5.32 Å². The maximum Gasteiger partial charge on any atom is 0.322 e. The first kappa shape index (κ1) is 51.7. The average molecular weight is 892 g/mol. The summed E-state index contributed by atoms with van der Waals surface area (Å²) in [5, 5.41) is 42.5. The van der Waals surface area contributed by atoms with Crippen LogP contribution < -0.4 is 31.9 Å². The molecule has 3 aliphatic rings. The van der Waals surface area contributed by atoms with E-state index in [9.17, 15) is 53.1 Å². The predicted octanol–water partition coefficient (Wildman–Crippen LogP) is 0.126. The zero-order valence-corrected chi connectivity index (χ0v) is 36.6. The van der Waals surface area contributed by atoms with Gasteiger partial charge in [0, 0.05) is 25.8 Å². The topological polar surface area (TPSA) is 324 Å².